The fourth-order valence-corrected chi connectivity index (χ4v) is 2.86. The third-order valence-corrected chi connectivity index (χ3v) is 3.76. The van der Waals surface area contributed by atoms with Crippen LogP contribution in [0.2, 0.25) is 0 Å². The van der Waals surface area contributed by atoms with Gasteiger partial charge in [0, 0.05) is 31.4 Å². The summed E-state index contributed by atoms with van der Waals surface area (Å²) in [6, 6.07) is 5.86. The Kier molecular flexibility index (Phi) is 4.94. The molecule has 0 unspecified atom stereocenters. The molecule has 1 aromatic rings. The molecular formula is C16H24N2O. The number of hydrogen-bond acceptors (Lipinski definition) is 2. The lowest BCUT2D eigenvalue weighted by Gasteiger charge is -2.17. The van der Waals surface area contributed by atoms with Gasteiger partial charge >= 0.3 is 0 Å². The molecule has 1 aromatic heterocycles. The fraction of sp³-hybridized carbons (Fsp3) is 0.625. The minimum absolute atomic E-state index is 0.289. The molecule has 0 spiro atoms. The number of carbonyl (C=O) groups excluding carboxylic acids is 1. The zero-order valence-electron chi connectivity index (χ0n) is 12.0. The molecule has 19 heavy (non-hydrogen) atoms. The molecule has 1 fully saturated rings. The maximum absolute atomic E-state index is 12.1. The molecule has 1 aliphatic rings. The van der Waals surface area contributed by atoms with Crippen LogP contribution in [-0.2, 0) is 11.2 Å². The Balaban J connectivity index is 1.75. The van der Waals surface area contributed by atoms with Crippen molar-refractivity contribution in [2.75, 3.05) is 13.1 Å². The SMILES string of the molecule is CC(C)C[C@H]1CCN(C(=O)CCc2ccccn2)C1. The summed E-state index contributed by atoms with van der Waals surface area (Å²) in [6.45, 7) is 6.41. The third kappa shape index (κ3) is 4.34. The van der Waals surface area contributed by atoms with Crippen molar-refractivity contribution >= 4 is 5.91 Å². The van der Waals surface area contributed by atoms with Crippen molar-refractivity contribution < 1.29 is 4.79 Å². The minimum Gasteiger partial charge on any atom is -0.342 e. The highest BCUT2D eigenvalue weighted by atomic mass is 16.2. The summed E-state index contributed by atoms with van der Waals surface area (Å²) in [5, 5.41) is 0. The molecule has 1 atom stereocenters. The Labute approximate surface area is 116 Å². The molecule has 3 nitrogen and oxygen atoms in total. The molecule has 0 N–H and O–H groups in total. The van der Waals surface area contributed by atoms with Crippen LogP contribution in [0.25, 0.3) is 0 Å². The molecule has 3 heteroatoms. The van der Waals surface area contributed by atoms with Crippen molar-refractivity contribution in [3.8, 4) is 0 Å². The summed E-state index contributed by atoms with van der Waals surface area (Å²) < 4.78 is 0. The number of likely N-dealkylation sites (tertiary alicyclic amines) is 1. The van der Waals surface area contributed by atoms with Crippen LogP contribution in [0.5, 0.6) is 0 Å². The maximum atomic E-state index is 12.1. The van der Waals surface area contributed by atoms with Gasteiger partial charge in [0.25, 0.3) is 0 Å². The predicted octanol–water partition coefficient (Wildman–Crippen LogP) is 2.91. The first-order chi connectivity index (χ1) is 9.15. The molecule has 0 bridgehead atoms. The third-order valence-electron chi connectivity index (χ3n) is 3.76. The van der Waals surface area contributed by atoms with Crippen LogP contribution >= 0.6 is 0 Å². The first-order valence-electron chi connectivity index (χ1n) is 7.33. The van der Waals surface area contributed by atoms with E-state index in [-0.39, 0.29) is 5.91 Å². The first kappa shape index (κ1) is 14.0. The van der Waals surface area contributed by atoms with Crippen LogP contribution in [0.15, 0.2) is 24.4 Å². The highest BCUT2D eigenvalue weighted by Gasteiger charge is 2.26. The Morgan fingerprint density at radius 2 is 2.32 bits per heavy atom. The summed E-state index contributed by atoms with van der Waals surface area (Å²) in [7, 11) is 0. The molecule has 0 saturated carbocycles. The number of aryl methyl sites for hydroxylation is 1. The van der Waals surface area contributed by atoms with Gasteiger partial charge in [0.2, 0.25) is 5.91 Å². The molecule has 104 valence electrons. The lowest BCUT2D eigenvalue weighted by Crippen LogP contribution is -2.29. The minimum atomic E-state index is 0.289. The van der Waals surface area contributed by atoms with Crippen LogP contribution in [0, 0.1) is 11.8 Å². The summed E-state index contributed by atoms with van der Waals surface area (Å²) in [6.07, 6.45) is 5.54. The largest absolute Gasteiger partial charge is 0.342 e. The topological polar surface area (TPSA) is 33.2 Å². The molecule has 1 saturated heterocycles. The van der Waals surface area contributed by atoms with Gasteiger partial charge in [0.15, 0.2) is 0 Å². The molecule has 1 aliphatic heterocycles. The Hall–Kier alpha value is -1.38. The van der Waals surface area contributed by atoms with E-state index < -0.39 is 0 Å². The van der Waals surface area contributed by atoms with Gasteiger partial charge in [-0.25, -0.2) is 0 Å². The molecule has 1 amide bonds. The Morgan fingerprint density at radius 1 is 1.47 bits per heavy atom. The van der Waals surface area contributed by atoms with E-state index in [4.69, 9.17) is 0 Å². The lowest BCUT2D eigenvalue weighted by molar-refractivity contribution is -0.130. The van der Waals surface area contributed by atoms with Gasteiger partial charge in [-0.3, -0.25) is 9.78 Å². The zero-order chi connectivity index (χ0) is 13.7. The van der Waals surface area contributed by atoms with Crippen LogP contribution in [0.3, 0.4) is 0 Å². The van der Waals surface area contributed by atoms with Gasteiger partial charge in [-0.15, -0.1) is 0 Å². The molecule has 0 aromatic carbocycles. The van der Waals surface area contributed by atoms with E-state index in [0.29, 0.717) is 12.3 Å². The van der Waals surface area contributed by atoms with Crippen LogP contribution in [0.1, 0.15) is 38.8 Å². The normalized spacial score (nSPS) is 19.1. The molecule has 2 heterocycles. The van der Waals surface area contributed by atoms with E-state index in [1.165, 1.54) is 12.8 Å². The average molecular weight is 260 g/mol. The number of nitrogens with zero attached hydrogens (tertiary/aromatic N) is 2. The summed E-state index contributed by atoms with van der Waals surface area (Å²) in [5.41, 5.74) is 1.01. The number of hydrogen-bond donors (Lipinski definition) is 0. The van der Waals surface area contributed by atoms with Gasteiger partial charge in [0.05, 0.1) is 0 Å². The second-order valence-corrected chi connectivity index (χ2v) is 5.95. The van der Waals surface area contributed by atoms with Crippen molar-refractivity contribution in [2.45, 2.75) is 39.5 Å². The molecular weight excluding hydrogens is 236 g/mol. The summed E-state index contributed by atoms with van der Waals surface area (Å²) in [4.78, 5) is 18.4. The zero-order valence-corrected chi connectivity index (χ0v) is 12.0. The van der Waals surface area contributed by atoms with Gasteiger partial charge in [0.1, 0.15) is 0 Å². The average Bonchev–Trinajstić information content (AvgIpc) is 2.85. The number of rotatable bonds is 5. The first-order valence-corrected chi connectivity index (χ1v) is 7.33. The van der Waals surface area contributed by atoms with E-state index in [9.17, 15) is 4.79 Å². The van der Waals surface area contributed by atoms with Gasteiger partial charge in [-0.1, -0.05) is 19.9 Å². The second-order valence-electron chi connectivity index (χ2n) is 5.95. The fourth-order valence-electron chi connectivity index (χ4n) is 2.86. The summed E-state index contributed by atoms with van der Waals surface area (Å²) in [5.74, 6) is 1.73. The van der Waals surface area contributed by atoms with E-state index >= 15 is 0 Å². The van der Waals surface area contributed by atoms with Gasteiger partial charge in [-0.2, -0.15) is 0 Å². The Morgan fingerprint density at radius 3 is 3.00 bits per heavy atom. The van der Waals surface area contributed by atoms with Gasteiger partial charge < -0.3 is 4.90 Å². The van der Waals surface area contributed by atoms with E-state index in [0.717, 1.165) is 31.1 Å². The van der Waals surface area contributed by atoms with Crippen molar-refractivity contribution in [3.63, 3.8) is 0 Å². The number of carbonyl (C=O) groups is 1. The van der Waals surface area contributed by atoms with E-state index in [1.807, 2.05) is 23.1 Å². The van der Waals surface area contributed by atoms with E-state index in [2.05, 4.69) is 18.8 Å². The lowest BCUT2D eigenvalue weighted by atomic mass is 9.97. The Bertz CT molecular complexity index is 402. The molecule has 0 radical (unpaired) electrons. The van der Waals surface area contributed by atoms with Crippen LogP contribution in [0.4, 0.5) is 0 Å². The quantitative estimate of drug-likeness (QED) is 0.815. The maximum Gasteiger partial charge on any atom is 0.222 e. The number of amides is 1. The second kappa shape index (κ2) is 6.69. The van der Waals surface area contributed by atoms with Crippen LogP contribution in [-0.4, -0.2) is 28.9 Å². The van der Waals surface area contributed by atoms with Gasteiger partial charge in [-0.05, 0) is 43.2 Å². The monoisotopic (exact) mass is 260 g/mol. The standard InChI is InChI=1S/C16H24N2O/c1-13(2)11-14-8-10-18(12-14)16(19)7-6-15-5-3-4-9-17-15/h3-5,9,13-14H,6-8,10-12H2,1-2H3/t14-/m1/s1. The predicted molar refractivity (Wildman–Crippen MR) is 76.7 cm³/mol. The van der Waals surface area contributed by atoms with Crippen LogP contribution < -0.4 is 0 Å². The smallest absolute Gasteiger partial charge is 0.222 e. The van der Waals surface area contributed by atoms with Crippen molar-refractivity contribution in [2.24, 2.45) is 11.8 Å². The van der Waals surface area contributed by atoms with Crippen molar-refractivity contribution in [1.29, 1.82) is 0 Å². The molecule has 2 rings (SSSR count). The summed E-state index contributed by atoms with van der Waals surface area (Å²) >= 11 is 0. The highest BCUT2D eigenvalue weighted by Crippen LogP contribution is 2.23. The van der Waals surface area contributed by atoms with E-state index in [1.54, 1.807) is 6.20 Å². The highest BCUT2D eigenvalue weighted by molar-refractivity contribution is 5.76. The van der Waals surface area contributed by atoms with Crippen molar-refractivity contribution in [3.05, 3.63) is 30.1 Å². The number of pyridine rings is 1. The van der Waals surface area contributed by atoms with Crippen molar-refractivity contribution in [1.82, 2.24) is 9.88 Å². The number of aromatic nitrogens is 1. The molecule has 0 aliphatic carbocycles.